The molecular formula is C13H17BrFNO2. The van der Waals surface area contributed by atoms with E-state index in [0.29, 0.717) is 6.54 Å². The fraction of sp³-hybridized carbons (Fsp3) is 0.462. The molecule has 0 fully saturated rings. The van der Waals surface area contributed by atoms with Crippen LogP contribution in [0.25, 0.3) is 0 Å². The van der Waals surface area contributed by atoms with Crippen LogP contribution in [0.5, 0.6) is 5.75 Å². The van der Waals surface area contributed by atoms with E-state index in [-0.39, 0.29) is 11.3 Å². The van der Waals surface area contributed by atoms with Crippen LogP contribution >= 0.6 is 15.9 Å². The Morgan fingerprint density at radius 1 is 1.39 bits per heavy atom. The van der Waals surface area contributed by atoms with Crippen LogP contribution < -0.4 is 0 Å². The second-order valence-corrected chi connectivity index (χ2v) is 4.90. The SMILES string of the molecule is CN(CCCCCBr)C(=O)c1c(O)cccc1F. The Morgan fingerprint density at radius 2 is 2.11 bits per heavy atom. The third-order valence-electron chi connectivity index (χ3n) is 2.68. The maximum absolute atomic E-state index is 13.5. The molecule has 1 amide bonds. The van der Waals surface area contributed by atoms with Crippen LogP contribution in [0.15, 0.2) is 18.2 Å². The number of rotatable bonds is 6. The highest BCUT2D eigenvalue weighted by molar-refractivity contribution is 9.09. The smallest absolute Gasteiger partial charge is 0.260 e. The average molecular weight is 318 g/mol. The van der Waals surface area contributed by atoms with Gasteiger partial charge in [-0.25, -0.2) is 4.39 Å². The van der Waals surface area contributed by atoms with Crippen LogP contribution in [0.2, 0.25) is 0 Å². The molecule has 0 saturated heterocycles. The number of carbonyl (C=O) groups is 1. The van der Waals surface area contributed by atoms with Gasteiger partial charge < -0.3 is 10.0 Å². The number of benzene rings is 1. The summed E-state index contributed by atoms with van der Waals surface area (Å²) in [4.78, 5) is 13.4. The minimum Gasteiger partial charge on any atom is -0.507 e. The number of nitrogens with zero attached hydrogens (tertiary/aromatic N) is 1. The Hall–Kier alpha value is -1.10. The predicted molar refractivity (Wildman–Crippen MR) is 72.7 cm³/mol. The van der Waals surface area contributed by atoms with E-state index in [4.69, 9.17) is 0 Å². The summed E-state index contributed by atoms with van der Waals surface area (Å²) in [5.41, 5.74) is -0.250. The van der Waals surface area contributed by atoms with E-state index in [2.05, 4.69) is 15.9 Å². The molecule has 1 N–H and O–H groups in total. The van der Waals surface area contributed by atoms with Gasteiger partial charge in [0.15, 0.2) is 0 Å². The van der Waals surface area contributed by atoms with Gasteiger partial charge in [0.25, 0.3) is 5.91 Å². The van der Waals surface area contributed by atoms with Crippen LogP contribution in [0, 0.1) is 5.82 Å². The summed E-state index contributed by atoms with van der Waals surface area (Å²) >= 11 is 3.34. The number of hydrogen-bond donors (Lipinski definition) is 1. The number of phenols is 1. The fourth-order valence-corrected chi connectivity index (χ4v) is 2.03. The molecule has 0 aliphatic rings. The Balaban J connectivity index is 2.63. The first-order valence-electron chi connectivity index (χ1n) is 5.87. The quantitative estimate of drug-likeness (QED) is 0.646. The summed E-state index contributed by atoms with van der Waals surface area (Å²) in [6.45, 7) is 0.555. The zero-order valence-electron chi connectivity index (χ0n) is 10.3. The zero-order valence-corrected chi connectivity index (χ0v) is 11.9. The van der Waals surface area contributed by atoms with E-state index < -0.39 is 11.7 Å². The van der Waals surface area contributed by atoms with Crippen molar-refractivity contribution in [1.29, 1.82) is 0 Å². The molecule has 0 radical (unpaired) electrons. The van der Waals surface area contributed by atoms with Crippen molar-refractivity contribution in [2.45, 2.75) is 19.3 Å². The first-order chi connectivity index (χ1) is 8.57. The highest BCUT2D eigenvalue weighted by Crippen LogP contribution is 2.21. The third kappa shape index (κ3) is 3.98. The standard InChI is InChI=1S/C13H17BrFNO2/c1-16(9-4-2-3-8-14)13(18)12-10(15)6-5-7-11(12)17/h5-7,17H,2-4,8-9H2,1H3. The van der Waals surface area contributed by atoms with E-state index >= 15 is 0 Å². The van der Waals surface area contributed by atoms with Gasteiger partial charge >= 0.3 is 0 Å². The molecule has 1 aromatic rings. The lowest BCUT2D eigenvalue weighted by molar-refractivity contribution is 0.0785. The van der Waals surface area contributed by atoms with Gasteiger partial charge in [-0.1, -0.05) is 28.4 Å². The maximum atomic E-state index is 13.5. The number of phenolic OH excluding ortho intramolecular Hbond substituents is 1. The molecule has 0 spiro atoms. The lowest BCUT2D eigenvalue weighted by Gasteiger charge is -2.18. The summed E-state index contributed by atoms with van der Waals surface area (Å²) in [6, 6.07) is 3.86. The minimum atomic E-state index is -0.688. The summed E-state index contributed by atoms with van der Waals surface area (Å²) < 4.78 is 13.5. The number of hydrogen-bond acceptors (Lipinski definition) is 2. The molecule has 18 heavy (non-hydrogen) atoms. The summed E-state index contributed by atoms with van der Waals surface area (Å²) in [5.74, 6) is -1.48. The van der Waals surface area contributed by atoms with E-state index in [1.165, 1.54) is 23.1 Å². The predicted octanol–water partition coefficient (Wildman–Crippen LogP) is 3.17. The molecule has 3 nitrogen and oxygen atoms in total. The van der Waals surface area contributed by atoms with Gasteiger partial charge in [-0.05, 0) is 25.0 Å². The van der Waals surface area contributed by atoms with Crippen LogP contribution in [0.1, 0.15) is 29.6 Å². The summed E-state index contributed by atoms with van der Waals surface area (Å²) in [7, 11) is 1.61. The van der Waals surface area contributed by atoms with Crippen molar-refractivity contribution >= 4 is 21.8 Å². The molecule has 0 saturated carbocycles. The molecule has 0 atom stereocenters. The summed E-state index contributed by atoms with van der Waals surface area (Å²) in [5, 5.41) is 10.5. The molecule has 0 bridgehead atoms. The largest absolute Gasteiger partial charge is 0.507 e. The lowest BCUT2D eigenvalue weighted by atomic mass is 10.1. The number of unbranched alkanes of at least 4 members (excludes halogenated alkanes) is 2. The Bertz CT molecular complexity index is 392. The lowest BCUT2D eigenvalue weighted by Crippen LogP contribution is -2.28. The van der Waals surface area contributed by atoms with Crippen molar-refractivity contribution < 1.29 is 14.3 Å². The molecule has 0 heterocycles. The molecule has 1 rings (SSSR count). The van der Waals surface area contributed by atoms with Crippen molar-refractivity contribution in [2.75, 3.05) is 18.9 Å². The normalized spacial score (nSPS) is 10.4. The van der Waals surface area contributed by atoms with Gasteiger partial charge in [-0.15, -0.1) is 0 Å². The maximum Gasteiger partial charge on any atom is 0.260 e. The van der Waals surface area contributed by atoms with E-state index in [1.54, 1.807) is 7.05 Å². The molecule has 5 heteroatoms. The highest BCUT2D eigenvalue weighted by atomic mass is 79.9. The van der Waals surface area contributed by atoms with Crippen molar-refractivity contribution in [3.05, 3.63) is 29.6 Å². The van der Waals surface area contributed by atoms with Crippen LogP contribution in [0.4, 0.5) is 4.39 Å². The van der Waals surface area contributed by atoms with Crippen LogP contribution in [0.3, 0.4) is 0 Å². The van der Waals surface area contributed by atoms with Gasteiger partial charge in [0.1, 0.15) is 17.1 Å². The summed E-state index contributed by atoms with van der Waals surface area (Å²) in [6.07, 6.45) is 2.92. The number of aromatic hydroxyl groups is 1. The molecule has 0 aromatic heterocycles. The Labute approximate surface area is 115 Å². The van der Waals surface area contributed by atoms with E-state index in [9.17, 15) is 14.3 Å². The molecule has 0 aliphatic carbocycles. The Kier molecular flexibility index (Phi) is 6.12. The Morgan fingerprint density at radius 3 is 2.72 bits per heavy atom. The van der Waals surface area contributed by atoms with Gasteiger partial charge in [0, 0.05) is 18.9 Å². The first kappa shape index (κ1) is 15.0. The van der Waals surface area contributed by atoms with Crippen LogP contribution in [-0.4, -0.2) is 34.8 Å². The monoisotopic (exact) mass is 317 g/mol. The molecular weight excluding hydrogens is 301 g/mol. The van der Waals surface area contributed by atoms with Crippen molar-refractivity contribution in [1.82, 2.24) is 4.90 Å². The number of halogens is 2. The zero-order chi connectivity index (χ0) is 13.5. The van der Waals surface area contributed by atoms with Crippen molar-refractivity contribution in [3.8, 4) is 5.75 Å². The van der Waals surface area contributed by atoms with Gasteiger partial charge in [-0.2, -0.15) is 0 Å². The molecule has 0 aliphatic heterocycles. The molecule has 100 valence electrons. The van der Waals surface area contributed by atoms with Crippen molar-refractivity contribution in [3.63, 3.8) is 0 Å². The van der Waals surface area contributed by atoms with Crippen molar-refractivity contribution in [2.24, 2.45) is 0 Å². The molecule has 0 unspecified atom stereocenters. The minimum absolute atomic E-state index is 0.250. The number of amides is 1. The number of carbonyl (C=O) groups excluding carboxylic acids is 1. The number of alkyl halides is 1. The second-order valence-electron chi connectivity index (χ2n) is 4.11. The van der Waals surface area contributed by atoms with Gasteiger partial charge in [-0.3, -0.25) is 4.79 Å². The molecule has 1 aromatic carbocycles. The topological polar surface area (TPSA) is 40.5 Å². The van der Waals surface area contributed by atoms with E-state index in [0.717, 1.165) is 24.6 Å². The third-order valence-corrected chi connectivity index (χ3v) is 3.24. The van der Waals surface area contributed by atoms with Gasteiger partial charge in [0.05, 0.1) is 0 Å². The average Bonchev–Trinajstić information content (AvgIpc) is 2.34. The van der Waals surface area contributed by atoms with Gasteiger partial charge in [0.2, 0.25) is 0 Å². The second kappa shape index (κ2) is 7.36. The highest BCUT2D eigenvalue weighted by Gasteiger charge is 2.19. The van der Waals surface area contributed by atoms with Crippen LogP contribution in [-0.2, 0) is 0 Å². The first-order valence-corrected chi connectivity index (χ1v) is 6.99. The van der Waals surface area contributed by atoms with E-state index in [1.807, 2.05) is 0 Å². The fourth-order valence-electron chi connectivity index (χ4n) is 1.64.